The van der Waals surface area contributed by atoms with Crippen LogP contribution in [0.2, 0.25) is 0 Å². The van der Waals surface area contributed by atoms with E-state index in [-0.39, 0.29) is 16.7 Å². The van der Waals surface area contributed by atoms with Crippen LogP contribution in [0.25, 0.3) is 0 Å². The van der Waals surface area contributed by atoms with E-state index in [1.54, 1.807) is 0 Å². The monoisotopic (exact) mass is 444 g/mol. The first-order valence-electron chi connectivity index (χ1n) is 14.0. The molecule has 0 aromatic carbocycles. The van der Waals surface area contributed by atoms with Gasteiger partial charge in [-0.25, -0.2) is 0 Å². The van der Waals surface area contributed by atoms with E-state index in [0.29, 0.717) is 27.6 Å². The van der Waals surface area contributed by atoms with E-state index >= 15 is 0 Å². The molecule has 0 spiro atoms. The SMILES string of the molecule is C[C@H]1[C@@H](O)[C@H](O)C[C@@H]2[C@]1(C)CC[C@@H]1[C@]2(C)CC[C@@]2(C)[C@H]3CC(C)(C)CC[C@]3(C)CC[C@]12C. The molecule has 184 valence electrons. The standard InChI is InChI=1S/C30H52O2/c1-19-24(32)20(31)17-22-27(19,5)10-9-21-28(22,6)14-16-30(8)23-18-25(2,3)11-12-26(23,4)13-15-29(21,30)7/h19-24,31-32H,9-18H2,1-8H3/t19-,20+,21+,22+,23-,24+,26+,27+,28-,29+,30-/m0/s1. The molecule has 0 unspecified atom stereocenters. The highest BCUT2D eigenvalue weighted by Gasteiger charge is 2.71. The van der Waals surface area contributed by atoms with Gasteiger partial charge in [0.1, 0.15) is 0 Å². The molecule has 5 aliphatic carbocycles. The largest absolute Gasteiger partial charge is 0.390 e. The first kappa shape index (κ1) is 23.7. The smallest absolute Gasteiger partial charge is 0.0829 e. The molecule has 5 rings (SSSR count). The first-order valence-corrected chi connectivity index (χ1v) is 14.0. The molecule has 0 aromatic rings. The highest BCUT2D eigenvalue weighted by Crippen LogP contribution is 2.78. The van der Waals surface area contributed by atoms with Crippen LogP contribution in [0.1, 0.15) is 120 Å². The molecule has 5 saturated carbocycles. The maximum absolute atomic E-state index is 10.8. The van der Waals surface area contributed by atoms with E-state index in [1.807, 2.05) is 0 Å². The van der Waals surface area contributed by atoms with Gasteiger partial charge in [-0.05, 0) is 120 Å². The molecular formula is C30H52O2. The van der Waals surface area contributed by atoms with Crippen molar-refractivity contribution in [2.75, 3.05) is 0 Å². The number of rotatable bonds is 0. The molecule has 32 heavy (non-hydrogen) atoms. The lowest BCUT2D eigenvalue weighted by Gasteiger charge is -2.75. The molecule has 2 N–H and O–H groups in total. The lowest BCUT2D eigenvalue weighted by molar-refractivity contribution is -0.270. The summed E-state index contributed by atoms with van der Waals surface area (Å²) in [6, 6.07) is 0. The van der Waals surface area contributed by atoms with Crippen LogP contribution in [0.4, 0.5) is 0 Å². The third-order valence-corrected chi connectivity index (χ3v) is 14.0. The van der Waals surface area contributed by atoms with E-state index in [1.165, 1.54) is 57.8 Å². The van der Waals surface area contributed by atoms with Crippen molar-refractivity contribution in [2.24, 2.45) is 56.2 Å². The van der Waals surface area contributed by atoms with Gasteiger partial charge in [0.15, 0.2) is 0 Å². The number of hydrogen-bond donors (Lipinski definition) is 2. The number of aliphatic hydroxyl groups is 2. The van der Waals surface area contributed by atoms with Crippen LogP contribution in [0.3, 0.4) is 0 Å². The van der Waals surface area contributed by atoms with Gasteiger partial charge in [-0.1, -0.05) is 55.4 Å². The van der Waals surface area contributed by atoms with E-state index in [2.05, 4.69) is 55.4 Å². The Bertz CT molecular complexity index is 775. The summed E-state index contributed by atoms with van der Waals surface area (Å²) in [7, 11) is 0. The van der Waals surface area contributed by atoms with Gasteiger partial charge in [0.05, 0.1) is 12.2 Å². The Hall–Kier alpha value is -0.0800. The average Bonchev–Trinajstić information content (AvgIpc) is 2.72. The molecule has 0 aliphatic heterocycles. The summed E-state index contributed by atoms with van der Waals surface area (Å²) in [4.78, 5) is 0. The molecule has 0 heterocycles. The maximum Gasteiger partial charge on any atom is 0.0829 e. The van der Waals surface area contributed by atoms with Gasteiger partial charge in [-0.3, -0.25) is 0 Å². The van der Waals surface area contributed by atoms with Crippen molar-refractivity contribution >= 4 is 0 Å². The molecule has 5 aliphatic rings. The molecule has 2 heteroatoms. The van der Waals surface area contributed by atoms with Gasteiger partial charge in [0.2, 0.25) is 0 Å². The Morgan fingerprint density at radius 3 is 1.91 bits per heavy atom. The van der Waals surface area contributed by atoms with E-state index < -0.39 is 12.2 Å². The zero-order valence-electron chi connectivity index (χ0n) is 22.4. The minimum Gasteiger partial charge on any atom is -0.390 e. The minimum absolute atomic E-state index is 0.157. The lowest BCUT2D eigenvalue weighted by Crippen LogP contribution is -2.68. The normalized spacial score (nSPS) is 61.7. The molecule has 0 amide bonds. The van der Waals surface area contributed by atoms with Gasteiger partial charge >= 0.3 is 0 Å². The zero-order valence-corrected chi connectivity index (χ0v) is 22.4. The second-order valence-corrected chi connectivity index (χ2v) is 15.6. The highest BCUT2D eigenvalue weighted by molar-refractivity contribution is 5.20. The second-order valence-electron chi connectivity index (χ2n) is 15.6. The Balaban J connectivity index is 1.55. The summed E-state index contributed by atoms with van der Waals surface area (Å²) in [6.07, 6.45) is 11.9. The van der Waals surface area contributed by atoms with E-state index in [0.717, 1.165) is 18.3 Å². The fraction of sp³-hybridized carbons (Fsp3) is 1.00. The minimum atomic E-state index is -0.555. The Morgan fingerprint density at radius 2 is 1.22 bits per heavy atom. The van der Waals surface area contributed by atoms with Crippen molar-refractivity contribution in [3.05, 3.63) is 0 Å². The average molecular weight is 445 g/mol. The summed E-state index contributed by atoms with van der Waals surface area (Å²) in [5.41, 5.74) is 2.27. The summed E-state index contributed by atoms with van der Waals surface area (Å²) in [5.74, 6) is 2.30. The molecule has 5 fully saturated rings. The first-order chi connectivity index (χ1) is 14.6. The summed E-state index contributed by atoms with van der Waals surface area (Å²) < 4.78 is 0. The molecule has 0 radical (unpaired) electrons. The molecule has 0 aromatic heterocycles. The lowest BCUT2D eigenvalue weighted by atomic mass is 9.30. The second kappa shape index (κ2) is 6.77. The van der Waals surface area contributed by atoms with Crippen molar-refractivity contribution < 1.29 is 10.2 Å². The van der Waals surface area contributed by atoms with Crippen LogP contribution in [-0.4, -0.2) is 22.4 Å². The van der Waals surface area contributed by atoms with E-state index in [9.17, 15) is 10.2 Å². The third kappa shape index (κ3) is 2.78. The number of hydrogen-bond acceptors (Lipinski definition) is 2. The van der Waals surface area contributed by atoms with Gasteiger partial charge in [-0.2, -0.15) is 0 Å². The Labute approximate surface area is 198 Å². The fourth-order valence-corrected chi connectivity index (χ4v) is 11.3. The summed E-state index contributed by atoms with van der Waals surface area (Å²) in [5, 5.41) is 21.6. The van der Waals surface area contributed by atoms with Gasteiger partial charge in [-0.15, -0.1) is 0 Å². The summed E-state index contributed by atoms with van der Waals surface area (Å²) in [6.45, 7) is 20.4. The summed E-state index contributed by atoms with van der Waals surface area (Å²) >= 11 is 0. The van der Waals surface area contributed by atoms with Gasteiger partial charge < -0.3 is 10.2 Å². The molecule has 2 nitrogen and oxygen atoms in total. The number of fused-ring (bicyclic) bond motifs is 7. The molecular weight excluding hydrogens is 392 g/mol. The van der Waals surface area contributed by atoms with Gasteiger partial charge in [0, 0.05) is 0 Å². The number of aliphatic hydroxyl groups excluding tert-OH is 2. The zero-order chi connectivity index (χ0) is 23.5. The van der Waals surface area contributed by atoms with Crippen molar-refractivity contribution in [2.45, 2.75) is 132 Å². The Kier molecular flexibility index (Phi) is 5.01. The van der Waals surface area contributed by atoms with Crippen molar-refractivity contribution in [1.82, 2.24) is 0 Å². The van der Waals surface area contributed by atoms with Crippen molar-refractivity contribution in [3.63, 3.8) is 0 Å². The predicted octanol–water partition coefficient (Wildman–Crippen LogP) is 7.22. The Morgan fingerprint density at radius 1 is 0.625 bits per heavy atom. The topological polar surface area (TPSA) is 40.5 Å². The third-order valence-electron chi connectivity index (χ3n) is 14.0. The highest BCUT2D eigenvalue weighted by atomic mass is 16.3. The predicted molar refractivity (Wildman–Crippen MR) is 132 cm³/mol. The van der Waals surface area contributed by atoms with E-state index in [4.69, 9.17) is 0 Å². The quantitative estimate of drug-likeness (QED) is 0.414. The van der Waals surface area contributed by atoms with Crippen LogP contribution < -0.4 is 0 Å². The molecule has 11 atom stereocenters. The van der Waals surface area contributed by atoms with Crippen LogP contribution in [0.15, 0.2) is 0 Å². The fourth-order valence-electron chi connectivity index (χ4n) is 11.3. The van der Waals surface area contributed by atoms with Crippen molar-refractivity contribution in [1.29, 1.82) is 0 Å². The van der Waals surface area contributed by atoms with Crippen molar-refractivity contribution in [3.8, 4) is 0 Å². The van der Waals surface area contributed by atoms with Crippen LogP contribution in [-0.2, 0) is 0 Å². The molecule has 0 saturated heterocycles. The molecule has 0 bridgehead atoms. The van der Waals surface area contributed by atoms with Crippen LogP contribution in [0, 0.1) is 56.2 Å². The van der Waals surface area contributed by atoms with Gasteiger partial charge in [0.25, 0.3) is 0 Å². The van der Waals surface area contributed by atoms with Crippen LogP contribution in [0.5, 0.6) is 0 Å². The van der Waals surface area contributed by atoms with Crippen LogP contribution >= 0.6 is 0 Å². The maximum atomic E-state index is 10.8.